The van der Waals surface area contributed by atoms with Gasteiger partial charge in [-0.25, -0.2) is 4.79 Å². The van der Waals surface area contributed by atoms with Gasteiger partial charge in [0.05, 0.1) is 21.1 Å². The molecule has 0 unspecified atom stereocenters. The largest absolute Gasteiger partial charge is 1.00 e. The molecule has 0 radical (unpaired) electrons. The van der Waals surface area contributed by atoms with Crippen LogP contribution in [0.2, 0.25) is 0 Å². The van der Waals surface area contributed by atoms with E-state index in [1.165, 1.54) is 0 Å². The zero-order chi connectivity index (χ0) is 12.2. The fraction of sp³-hybridized carbons (Fsp3) is 0.417. The molecule has 0 bridgehead atoms. The minimum Gasteiger partial charge on any atom is -1.00 e. The second-order valence-corrected chi connectivity index (χ2v) is 4.70. The molecule has 4 nitrogen and oxygen atoms in total. The number of benzene rings is 1. The fourth-order valence-corrected chi connectivity index (χ4v) is 1.40. The van der Waals surface area contributed by atoms with E-state index in [2.05, 4.69) is 26.5 Å². The monoisotopic (exact) mass is 258 g/mol. The minimum absolute atomic E-state index is 0. The van der Waals surface area contributed by atoms with Crippen molar-refractivity contribution in [3.63, 3.8) is 0 Å². The first kappa shape index (κ1) is 15.7. The Morgan fingerprint density at radius 2 is 1.88 bits per heavy atom. The molecular formula is C12H19ClN2O2. The van der Waals surface area contributed by atoms with Gasteiger partial charge in [-0.1, -0.05) is 12.1 Å². The van der Waals surface area contributed by atoms with Gasteiger partial charge >= 0.3 is 6.09 Å². The summed E-state index contributed by atoms with van der Waals surface area (Å²) < 4.78 is 5.97. The minimum atomic E-state index is -0.436. The zero-order valence-corrected chi connectivity index (χ0v) is 11.4. The Kier molecular flexibility index (Phi) is 5.99. The van der Waals surface area contributed by atoms with Crippen LogP contribution in [0.15, 0.2) is 24.3 Å². The average Bonchev–Trinajstić information content (AvgIpc) is 2.18. The van der Waals surface area contributed by atoms with Crippen LogP contribution in [0.3, 0.4) is 0 Å². The molecule has 0 aliphatic heterocycles. The highest BCUT2D eigenvalue weighted by atomic mass is 35.5. The molecule has 0 atom stereocenters. The summed E-state index contributed by atoms with van der Waals surface area (Å²) in [5.41, 5.74) is 1.03. The summed E-state index contributed by atoms with van der Waals surface area (Å²) in [6.45, 7) is 0.813. The van der Waals surface area contributed by atoms with Crippen molar-refractivity contribution < 1.29 is 26.4 Å². The van der Waals surface area contributed by atoms with Crippen molar-refractivity contribution in [1.29, 1.82) is 0 Å². The van der Waals surface area contributed by atoms with Crippen molar-refractivity contribution in [3.8, 4) is 5.75 Å². The third-order valence-corrected chi connectivity index (χ3v) is 2.02. The molecule has 1 rings (SSSR count). The molecule has 5 heteroatoms. The molecule has 0 aliphatic rings. The summed E-state index contributed by atoms with van der Waals surface area (Å²) in [7, 11) is 7.83. The standard InChI is InChI=1S/C12H18N2O2.ClH/c1-13-12(15)16-11-8-6-5-7-10(11)9-14(2,3)4;/h5-8H,9H2,1-4H3;1H. The van der Waals surface area contributed by atoms with E-state index in [9.17, 15) is 4.79 Å². The first-order valence-corrected chi connectivity index (χ1v) is 5.20. The summed E-state index contributed by atoms with van der Waals surface area (Å²) in [4.78, 5) is 11.2. The number of carbonyl (C=O) groups is 1. The number of halogens is 1. The second-order valence-electron chi connectivity index (χ2n) is 4.70. The van der Waals surface area contributed by atoms with Crippen molar-refractivity contribution in [1.82, 2.24) is 5.32 Å². The summed E-state index contributed by atoms with van der Waals surface area (Å²) in [6, 6.07) is 7.58. The number of quaternary nitrogens is 1. The summed E-state index contributed by atoms with van der Waals surface area (Å²) in [6.07, 6.45) is -0.436. The van der Waals surface area contributed by atoms with Crippen LogP contribution in [-0.2, 0) is 6.54 Å². The molecule has 0 spiro atoms. The molecule has 0 saturated carbocycles. The number of ether oxygens (including phenoxy) is 1. The van der Waals surface area contributed by atoms with Gasteiger partial charge in [0, 0.05) is 12.6 Å². The second kappa shape index (κ2) is 6.47. The summed E-state index contributed by atoms with van der Waals surface area (Å²) >= 11 is 0. The highest BCUT2D eigenvalue weighted by Gasteiger charge is 2.14. The van der Waals surface area contributed by atoms with E-state index < -0.39 is 6.09 Å². The van der Waals surface area contributed by atoms with Gasteiger partial charge in [-0.3, -0.25) is 0 Å². The molecular weight excluding hydrogens is 240 g/mol. The number of para-hydroxylation sites is 1. The highest BCUT2D eigenvalue weighted by Crippen LogP contribution is 2.20. The number of rotatable bonds is 3. The average molecular weight is 259 g/mol. The highest BCUT2D eigenvalue weighted by molar-refractivity contribution is 5.70. The van der Waals surface area contributed by atoms with Crippen molar-refractivity contribution >= 4 is 6.09 Å². The SMILES string of the molecule is CNC(=O)Oc1ccccc1C[N+](C)(C)C.[Cl-]. The number of carbonyl (C=O) groups excluding carboxylic acids is 1. The lowest BCUT2D eigenvalue weighted by Crippen LogP contribution is -3.00. The van der Waals surface area contributed by atoms with Crippen molar-refractivity contribution in [3.05, 3.63) is 29.8 Å². The lowest BCUT2D eigenvalue weighted by molar-refractivity contribution is -0.884. The molecule has 0 fully saturated rings. The summed E-state index contributed by atoms with van der Waals surface area (Å²) in [5, 5.41) is 2.44. The summed E-state index contributed by atoms with van der Waals surface area (Å²) in [5.74, 6) is 0.620. The van der Waals surface area contributed by atoms with E-state index in [0.29, 0.717) is 5.75 Å². The molecule has 0 heterocycles. The molecule has 0 aromatic heterocycles. The molecule has 1 aromatic carbocycles. The van der Waals surface area contributed by atoms with Crippen LogP contribution in [0.1, 0.15) is 5.56 Å². The molecule has 17 heavy (non-hydrogen) atoms. The molecule has 1 amide bonds. The Morgan fingerprint density at radius 1 is 1.29 bits per heavy atom. The fourth-order valence-electron chi connectivity index (χ4n) is 1.40. The van der Waals surface area contributed by atoms with E-state index in [4.69, 9.17) is 4.74 Å². The van der Waals surface area contributed by atoms with Crippen molar-refractivity contribution in [2.24, 2.45) is 0 Å². The first-order chi connectivity index (χ1) is 7.42. The van der Waals surface area contributed by atoms with Crippen LogP contribution >= 0.6 is 0 Å². The zero-order valence-electron chi connectivity index (χ0n) is 10.7. The Bertz CT molecular complexity index is 375. The van der Waals surface area contributed by atoms with Crippen LogP contribution in [0.4, 0.5) is 4.79 Å². The van der Waals surface area contributed by atoms with E-state index in [1.54, 1.807) is 13.1 Å². The van der Waals surface area contributed by atoms with E-state index >= 15 is 0 Å². The third-order valence-electron chi connectivity index (χ3n) is 2.02. The van der Waals surface area contributed by atoms with Crippen LogP contribution < -0.4 is 22.5 Å². The van der Waals surface area contributed by atoms with Crippen LogP contribution in [0.25, 0.3) is 0 Å². The van der Waals surface area contributed by atoms with E-state index in [1.807, 2.05) is 18.2 Å². The third kappa shape index (κ3) is 5.56. The van der Waals surface area contributed by atoms with Gasteiger partial charge < -0.3 is 26.9 Å². The Labute approximate surface area is 109 Å². The van der Waals surface area contributed by atoms with Crippen LogP contribution in [0, 0.1) is 0 Å². The smallest absolute Gasteiger partial charge is 0.412 e. The van der Waals surface area contributed by atoms with Gasteiger partial charge in [0.25, 0.3) is 0 Å². The maximum atomic E-state index is 11.2. The number of amides is 1. The lowest BCUT2D eigenvalue weighted by atomic mass is 10.2. The number of hydrogen-bond donors (Lipinski definition) is 1. The topological polar surface area (TPSA) is 38.3 Å². The van der Waals surface area contributed by atoms with Gasteiger partial charge in [-0.15, -0.1) is 0 Å². The molecule has 0 aliphatic carbocycles. The van der Waals surface area contributed by atoms with Gasteiger partial charge in [0.15, 0.2) is 0 Å². The quantitative estimate of drug-likeness (QED) is 0.679. The van der Waals surface area contributed by atoms with E-state index in [-0.39, 0.29) is 12.4 Å². The first-order valence-electron chi connectivity index (χ1n) is 5.20. The maximum absolute atomic E-state index is 11.2. The normalized spacial score (nSPS) is 10.4. The molecule has 1 N–H and O–H groups in total. The Balaban J connectivity index is 0.00000256. The van der Waals surface area contributed by atoms with Crippen molar-refractivity contribution in [2.45, 2.75) is 6.54 Å². The van der Waals surface area contributed by atoms with Crippen LogP contribution in [-0.4, -0.2) is 38.8 Å². The molecule has 0 saturated heterocycles. The van der Waals surface area contributed by atoms with Gasteiger partial charge in [0.1, 0.15) is 12.3 Å². The Hall–Kier alpha value is -1.26. The molecule has 96 valence electrons. The van der Waals surface area contributed by atoms with Gasteiger partial charge in [-0.2, -0.15) is 0 Å². The number of hydrogen-bond acceptors (Lipinski definition) is 2. The Morgan fingerprint density at radius 3 is 2.41 bits per heavy atom. The number of nitrogens with one attached hydrogen (secondary N) is 1. The predicted molar refractivity (Wildman–Crippen MR) is 63.3 cm³/mol. The molecule has 1 aromatic rings. The van der Waals surface area contributed by atoms with Gasteiger partial charge in [0.2, 0.25) is 0 Å². The number of nitrogens with zero attached hydrogens (tertiary/aromatic N) is 1. The predicted octanol–water partition coefficient (Wildman–Crippen LogP) is -1.38. The van der Waals surface area contributed by atoms with Crippen LogP contribution in [0.5, 0.6) is 5.75 Å². The van der Waals surface area contributed by atoms with Gasteiger partial charge in [-0.05, 0) is 12.1 Å². The lowest BCUT2D eigenvalue weighted by Gasteiger charge is -2.24. The van der Waals surface area contributed by atoms with Crippen molar-refractivity contribution in [2.75, 3.05) is 28.2 Å². The maximum Gasteiger partial charge on any atom is 0.412 e. The van der Waals surface area contributed by atoms with E-state index in [0.717, 1.165) is 16.6 Å².